The molecular weight excluding hydrogens is 376 g/mol. The van der Waals surface area contributed by atoms with Crippen molar-refractivity contribution in [3.05, 3.63) is 59.7 Å². The van der Waals surface area contributed by atoms with Gasteiger partial charge in [-0.15, -0.1) is 0 Å². The highest BCUT2D eigenvalue weighted by atomic mass is 32.2. The molecule has 5 aliphatic rings. The zero-order valence-electron chi connectivity index (χ0n) is 15.1. The third-order valence-corrected chi connectivity index (χ3v) is 7.04. The Hall–Kier alpha value is -1.92. The van der Waals surface area contributed by atoms with Crippen LogP contribution in [0.2, 0.25) is 0 Å². The van der Waals surface area contributed by atoms with Gasteiger partial charge in [-0.1, -0.05) is 24.3 Å². The largest absolute Gasteiger partial charge is 0.273 e. The van der Waals surface area contributed by atoms with Crippen LogP contribution in [0.1, 0.15) is 30.4 Å². The number of carbonyl (C=O) groups excluding carboxylic acids is 2. The summed E-state index contributed by atoms with van der Waals surface area (Å²) >= 11 is 3.86. The minimum Gasteiger partial charge on any atom is -0.273 e. The molecule has 0 radical (unpaired) electrons. The maximum atomic E-state index is 12.9. The van der Waals surface area contributed by atoms with Gasteiger partial charge in [0.2, 0.25) is 11.8 Å². The fourth-order valence-corrected chi connectivity index (χ4v) is 5.40. The van der Waals surface area contributed by atoms with Gasteiger partial charge in [0, 0.05) is 35.9 Å². The zero-order valence-corrected chi connectivity index (χ0v) is 16.7. The molecule has 7 rings (SSSR count). The number of hydrazine groups is 1. The first-order valence-electron chi connectivity index (χ1n) is 9.21. The summed E-state index contributed by atoms with van der Waals surface area (Å²) in [7, 11) is 0. The third-order valence-electron chi connectivity index (χ3n) is 4.73. The average molecular weight is 399 g/mol. The number of hydrogen-bond donors (Lipinski definition) is 0. The summed E-state index contributed by atoms with van der Waals surface area (Å²) in [5, 5.41) is 3.11. The van der Waals surface area contributed by atoms with Crippen LogP contribution in [0.15, 0.2) is 48.5 Å². The summed E-state index contributed by atoms with van der Waals surface area (Å²) in [6.07, 6.45) is 1.36. The van der Waals surface area contributed by atoms with E-state index in [-0.39, 0.29) is 11.8 Å². The third kappa shape index (κ3) is 4.17. The van der Waals surface area contributed by atoms with Crippen LogP contribution in [0.4, 0.5) is 11.4 Å². The Balaban J connectivity index is 1.78. The van der Waals surface area contributed by atoms with E-state index in [4.69, 9.17) is 0 Å². The van der Waals surface area contributed by atoms with Crippen LogP contribution in [0.3, 0.4) is 0 Å². The predicted molar refractivity (Wildman–Crippen MR) is 114 cm³/mol. The first-order chi connectivity index (χ1) is 13.2. The molecule has 1 saturated heterocycles. The molecule has 0 saturated carbocycles. The summed E-state index contributed by atoms with van der Waals surface area (Å²) < 4.78 is 0. The van der Waals surface area contributed by atoms with Crippen LogP contribution in [-0.2, 0) is 21.1 Å². The summed E-state index contributed by atoms with van der Waals surface area (Å²) in [5.74, 6) is 4.10. The van der Waals surface area contributed by atoms with E-state index in [1.54, 1.807) is 10.0 Å². The topological polar surface area (TPSA) is 40.6 Å². The van der Waals surface area contributed by atoms with Crippen molar-refractivity contribution in [1.29, 1.82) is 0 Å². The lowest BCUT2D eigenvalue weighted by Crippen LogP contribution is -2.49. The number of benzene rings is 2. The van der Waals surface area contributed by atoms with Crippen LogP contribution < -0.4 is 10.0 Å². The van der Waals surface area contributed by atoms with Crippen molar-refractivity contribution >= 4 is 46.7 Å². The van der Waals surface area contributed by atoms with Gasteiger partial charge in [0.1, 0.15) is 0 Å². The van der Waals surface area contributed by atoms with Crippen molar-refractivity contribution < 1.29 is 9.59 Å². The minimum atomic E-state index is -0.0382. The molecule has 27 heavy (non-hydrogen) atoms. The van der Waals surface area contributed by atoms with Crippen LogP contribution in [0.25, 0.3) is 0 Å². The maximum absolute atomic E-state index is 12.9. The number of thioether (sulfide) groups is 2. The molecule has 2 amide bonds. The van der Waals surface area contributed by atoms with Crippen molar-refractivity contribution in [2.24, 2.45) is 0 Å². The van der Waals surface area contributed by atoms with Crippen molar-refractivity contribution in [1.82, 2.24) is 0 Å². The van der Waals surface area contributed by atoms with Gasteiger partial charge < -0.3 is 0 Å². The molecule has 6 heteroatoms. The number of anilines is 2. The quantitative estimate of drug-likeness (QED) is 0.649. The molecule has 0 aliphatic carbocycles. The van der Waals surface area contributed by atoms with Gasteiger partial charge >= 0.3 is 0 Å². The van der Waals surface area contributed by atoms with Crippen molar-refractivity contribution in [2.75, 3.05) is 21.5 Å². The normalized spacial score (nSPS) is 18.5. The second kappa shape index (κ2) is 8.40. The van der Waals surface area contributed by atoms with E-state index in [1.807, 2.05) is 47.8 Å². The average Bonchev–Trinajstić information content (AvgIpc) is 2.83. The van der Waals surface area contributed by atoms with Crippen molar-refractivity contribution in [2.45, 2.75) is 30.8 Å². The second-order valence-electron chi connectivity index (χ2n) is 6.70. The van der Waals surface area contributed by atoms with E-state index in [2.05, 4.69) is 24.3 Å². The lowest BCUT2D eigenvalue weighted by molar-refractivity contribution is -0.121. The van der Waals surface area contributed by atoms with Crippen molar-refractivity contribution in [3.63, 3.8) is 0 Å². The Morgan fingerprint density at radius 2 is 1.04 bits per heavy atom. The number of carbonyl (C=O) groups is 2. The molecule has 140 valence electrons. The van der Waals surface area contributed by atoms with Gasteiger partial charge in [-0.25, -0.2) is 10.0 Å². The molecule has 2 aromatic carbocycles. The number of rotatable bonds is 0. The molecule has 1 fully saturated rings. The van der Waals surface area contributed by atoms with Crippen LogP contribution in [-0.4, -0.2) is 23.3 Å². The maximum Gasteiger partial charge on any atom is 0.246 e. The van der Waals surface area contributed by atoms with Crippen LogP contribution >= 0.6 is 23.5 Å². The van der Waals surface area contributed by atoms with Gasteiger partial charge in [-0.2, -0.15) is 23.5 Å². The van der Waals surface area contributed by atoms with Crippen molar-refractivity contribution in [3.8, 4) is 0 Å². The summed E-state index contributed by atoms with van der Waals surface area (Å²) in [4.78, 5) is 25.7. The summed E-state index contributed by atoms with van der Waals surface area (Å²) in [5.41, 5.74) is 3.97. The van der Waals surface area contributed by atoms with Crippen LogP contribution in [0.5, 0.6) is 0 Å². The SMILES string of the molecule is O=C1CCCC(=O)N2c3ccc(cc3)CSCCSCc3ccc(cc3)N12. The Bertz CT molecular complexity index is 752. The fourth-order valence-electron chi connectivity index (χ4n) is 3.31. The highest BCUT2D eigenvalue weighted by Gasteiger charge is 2.31. The molecule has 0 unspecified atom stereocenters. The second-order valence-corrected chi connectivity index (χ2v) is 8.91. The molecule has 0 aromatic heterocycles. The summed E-state index contributed by atoms with van der Waals surface area (Å²) in [6.45, 7) is 0. The zero-order chi connectivity index (χ0) is 18.6. The molecule has 4 bridgehead atoms. The fraction of sp³-hybridized carbons (Fsp3) is 0.333. The molecule has 4 nitrogen and oxygen atoms in total. The van der Waals surface area contributed by atoms with Gasteiger partial charge in [0.15, 0.2) is 0 Å². The molecule has 5 heterocycles. The Morgan fingerprint density at radius 1 is 0.630 bits per heavy atom. The number of nitrogens with zero attached hydrogens (tertiary/aromatic N) is 2. The predicted octanol–water partition coefficient (Wildman–Crippen LogP) is 4.63. The van der Waals surface area contributed by atoms with E-state index in [1.165, 1.54) is 11.1 Å². The molecule has 2 aromatic rings. The standard InChI is InChI=1S/C21H22N2O2S2/c24-20-2-1-3-21(25)23-19-10-6-17(7-11-19)15-27-13-12-26-14-16-4-8-18(9-5-16)22(20)23/h4-11H,1-3,12-15H2. The van der Waals surface area contributed by atoms with E-state index >= 15 is 0 Å². The molecule has 0 atom stereocenters. The molecule has 0 spiro atoms. The van der Waals surface area contributed by atoms with E-state index in [0.717, 1.165) is 34.4 Å². The minimum absolute atomic E-state index is 0.0382. The lowest BCUT2D eigenvalue weighted by atomic mass is 10.2. The Labute approximate surface area is 168 Å². The van der Waals surface area contributed by atoms with Gasteiger partial charge in [0.05, 0.1) is 11.4 Å². The highest BCUT2D eigenvalue weighted by Crippen LogP contribution is 2.30. The first kappa shape index (κ1) is 18.4. The van der Waals surface area contributed by atoms with E-state index < -0.39 is 0 Å². The Morgan fingerprint density at radius 3 is 1.44 bits per heavy atom. The Kier molecular flexibility index (Phi) is 5.74. The smallest absolute Gasteiger partial charge is 0.246 e. The number of amides is 2. The van der Waals surface area contributed by atoms with Crippen LogP contribution in [0, 0.1) is 0 Å². The monoisotopic (exact) mass is 398 g/mol. The molecule has 0 N–H and O–H groups in total. The van der Waals surface area contributed by atoms with Gasteiger partial charge in [-0.05, 0) is 41.8 Å². The number of hydrogen-bond acceptors (Lipinski definition) is 4. The van der Waals surface area contributed by atoms with E-state index in [9.17, 15) is 9.59 Å². The van der Waals surface area contributed by atoms with Gasteiger partial charge in [0.25, 0.3) is 0 Å². The molecule has 5 aliphatic heterocycles. The first-order valence-corrected chi connectivity index (χ1v) is 11.5. The van der Waals surface area contributed by atoms with E-state index in [0.29, 0.717) is 19.3 Å². The van der Waals surface area contributed by atoms with Gasteiger partial charge in [-0.3, -0.25) is 9.59 Å². The summed E-state index contributed by atoms with van der Waals surface area (Å²) in [6, 6.07) is 16.1. The molecular formula is C21H22N2O2S2. The lowest BCUT2D eigenvalue weighted by Gasteiger charge is -2.33. The highest BCUT2D eigenvalue weighted by molar-refractivity contribution is 8.02.